The Kier molecular flexibility index (Phi) is 5.23. The van der Waals surface area contributed by atoms with Crippen LogP contribution in [-0.2, 0) is 4.74 Å². The summed E-state index contributed by atoms with van der Waals surface area (Å²) in [6, 6.07) is 5.65. The molecule has 3 rings (SSSR count). The molecule has 0 saturated carbocycles. The molecule has 6 heteroatoms. The standard InChI is InChI=1S/C18H24N2O3S/c1-4-5-6-16-14-8-7-13(9-15(14)18(21)23-16)22-10-17-20-19-11-24(17)12(2)3/h7-9,11-12,16,24H,4-6,10H2,1-3H3. The van der Waals surface area contributed by atoms with Gasteiger partial charge in [-0.3, -0.25) is 0 Å². The van der Waals surface area contributed by atoms with Crippen LogP contribution in [-0.4, -0.2) is 28.4 Å². The average molecular weight is 348 g/mol. The van der Waals surface area contributed by atoms with Crippen LogP contribution in [0.3, 0.4) is 0 Å². The van der Waals surface area contributed by atoms with Crippen LogP contribution in [0.4, 0.5) is 0 Å². The number of thiol groups is 1. The topological polar surface area (TPSA) is 60.2 Å². The van der Waals surface area contributed by atoms with Crippen molar-refractivity contribution in [3.8, 4) is 5.75 Å². The molecule has 5 nitrogen and oxygen atoms in total. The van der Waals surface area contributed by atoms with Gasteiger partial charge in [-0.1, -0.05) is 33.3 Å². The first kappa shape index (κ1) is 17.0. The second-order valence-electron chi connectivity index (χ2n) is 6.32. The Morgan fingerprint density at radius 2 is 2.21 bits per heavy atom. The molecule has 0 spiro atoms. The van der Waals surface area contributed by atoms with E-state index in [1.54, 1.807) is 6.07 Å². The predicted octanol–water partition coefficient (Wildman–Crippen LogP) is 4.23. The number of unbranched alkanes of at least 4 members (excludes halogenated alkanes) is 1. The summed E-state index contributed by atoms with van der Waals surface area (Å²) >= 11 is 0. The summed E-state index contributed by atoms with van der Waals surface area (Å²) in [5.41, 5.74) is 3.54. The first-order chi connectivity index (χ1) is 11.6. The Bertz CT molecular complexity index is 685. The number of benzene rings is 1. The highest BCUT2D eigenvalue weighted by Crippen LogP contribution is 2.37. The van der Waals surface area contributed by atoms with Crippen LogP contribution in [0.2, 0.25) is 0 Å². The number of nitrogens with zero attached hydrogens (tertiary/aromatic N) is 2. The molecule has 0 radical (unpaired) electrons. The first-order valence-corrected chi connectivity index (χ1v) is 9.94. The molecule has 1 aromatic rings. The minimum atomic E-state index is -0.450. The molecule has 2 unspecified atom stereocenters. The Labute approximate surface area is 145 Å². The molecule has 0 fully saturated rings. The highest BCUT2D eigenvalue weighted by atomic mass is 32.2. The van der Waals surface area contributed by atoms with Crippen LogP contribution in [0.15, 0.2) is 28.4 Å². The maximum atomic E-state index is 12.1. The van der Waals surface area contributed by atoms with Crippen LogP contribution >= 0.6 is 10.9 Å². The van der Waals surface area contributed by atoms with Crippen LogP contribution in [0.5, 0.6) is 5.75 Å². The van der Waals surface area contributed by atoms with Gasteiger partial charge in [0.15, 0.2) is 0 Å². The third-order valence-corrected chi connectivity index (χ3v) is 6.51. The number of hydrogen-bond acceptors (Lipinski definition) is 5. The Morgan fingerprint density at radius 1 is 1.38 bits per heavy atom. The molecule has 2 aliphatic rings. The Morgan fingerprint density at radius 3 is 2.96 bits per heavy atom. The average Bonchev–Trinajstić information content (AvgIpc) is 3.16. The SMILES string of the molecule is CCCCC1OC(=O)c2cc(OCC3=NN=C[SH]3C(C)C)ccc21. The minimum absolute atomic E-state index is 0.108. The van der Waals surface area contributed by atoms with Crippen molar-refractivity contribution < 1.29 is 14.3 Å². The summed E-state index contributed by atoms with van der Waals surface area (Å²) in [6.07, 6.45) is 2.91. The second-order valence-corrected chi connectivity index (χ2v) is 8.92. The summed E-state index contributed by atoms with van der Waals surface area (Å²) in [6.45, 7) is 6.88. The fourth-order valence-corrected chi connectivity index (χ4v) is 4.42. The van der Waals surface area contributed by atoms with E-state index >= 15 is 0 Å². The van der Waals surface area contributed by atoms with Crippen LogP contribution in [0.1, 0.15) is 62.1 Å². The summed E-state index contributed by atoms with van der Waals surface area (Å²) in [5, 5.41) is 9.70. The summed E-state index contributed by atoms with van der Waals surface area (Å²) in [5.74, 6) is 0.428. The monoisotopic (exact) mass is 348 g/mol. The number of rotatable bonds is 7. The van der Waals surface area contributed by atoms with Gasteiger partial charge < -0.3 is 9.47 Å². The van der Waals surface area contributed by atoms with Crippen molar-refractivity contribution in [2.24, 2.45) is 10.2 Å². The van der Waals surface area contributed by atoms with Crippen LogP contribution in [0.25, 0.3) is 0 Å². The Hall–Kier alpha value is -1.82. The van der Waals surface area contributed by atoms with E-state index in [1.165, 1.54) is 0 Å². The van der Waals surface area contributed by atoms with E-state index in [0.717, 1.165) is 29.9 Å². The molecule has 0 aliphatic carbocycles. The van der Waals surface area contributed by atoms with Gasteiger partial charge >= 0.3 is 5.97 Å². The molecule has 0 aromatic heterocycles. The number of ether oxygens (including phenoxy) is 2. The zero-order valence-electron chi connectivity index (χ0n) is 14.4. The van der Waals surface area contributed by atoms with Gasteiger partial charge in [0.25, 0.3) is 0 Å². The molecule has 1 aromatic carbocycles. The summed E-state index contributed by atoms with van der Waals surface area (Å²) in [4.78, 5) is 12.1. The number of hydrogen-bond donors (Lipinski definition) is 1. The number of fused-ring (bicyclic) bond motifs is 1. The van der Waals surface area contributed by atoms with Crippen molar-refractivity contribution in [3.63, 3.8) is 0 Å². The third-order valence-electron chi connectivity index (χ3n) is 4.23. The lowest BCUT2D eigenvalue weighted by Crippen LogP contribution is -2.15. The van der Waals surface area contributed by atoms with E-state index < -0.39 is 10.9 Å². The zero-order valence-corrected chi connectivity index (χ0v) is 15.3. The maximum absolute atomic E-state index is 12.1. The highest BCUT2D eigenvalue weighted by molar-refractivity contribution is 8.40. The fraction of sp³-hybridized carbons (Fsp3) is 0.500. The lowest BCUT2D eigenvalue weighted by Gasteiger charge is -2.18. The smallest absolute Gasteiger partial charge is 0.339 e. The maximum Gasteiger partial charge on any atom is 0.339 e. The van der Waals surface area contributed by atoms with Gasteiger partial charge in [0.05, 0.1) is 11.1 Å². The van der Waals surface area contributed by atoms with E-state index in [1.807, 2.05) is 17.7 Å². The van der Waals surface area contributed by atoms with Gasteiger partial charge in [0.1, 0.15) is 23.5 Å². The van der Waals surface area contributed by atoms with E-state index in [-0.39, 0.29) is 12.1 Å². The molecular formula is C18H24N2O3S. The van der Waals surface area contributed by atoms with E-state index in [0.29, 0.717) is 23.2 Å². The van der Waals surface area contributed by atoms with Gasteiger partial charge in [0, 0.05) is 5.56 Å². The van der Waals surface area contributed by atoms with E-state index in [2.05, 4.69) is 31.0 Å². The summed E-state index contributed by atoms with van der Waals surface area (Å²) in [7, 11) is -0.450. The minimum Gasteiger partial charge on any atom is -0.487 e. The number of carbonyl (C=O) groups excluding carboxylic acids is 1. The van der Waals surface area contributed by atoms with Gasteiger partial charge in [-0.15, -0.1) is 5.10 Å². The van der Waals surface area contributed by atoms with Crippen molar-refractivity contribution in [1.82, 2.24) is 0 Å². The van der Waals surface area contributed by atoms with Gasteiger partial charge in [0.2, 0.25) is 0 Å². The zero-order chi connectivity index (χ0) is 17.1. The van der Waals surface area contributed by atoms with Crippen molar-refractivity contribution in [2.45, 2.75) is 51.4 Å². The first-order valence-electron chi connectivity index (χ1n) is 8.46. The third kappa shape index (κ3) is 3.48. The lowest BCUT2D eigenvalue weighted by atomic mass is 10.0. The molecule has 0 amide bonds. The van der Waals surface area contributed by atoms with Crippen molar-refractivity contribution in [2.75, 3.05) is 6.61 Å². The highest BCUT2D eigenvalue weighted by Gasteiger charge is 2.31. The van der Waals surface area contributed by atoms with Gasteiger partial charge in [-0.2, -0.15) is 16.0 Å². The normalized spacial score (nSPS) is 23.3. The molecule has 2 aliphatic heterocycles. The van der Waals surface area contributed by atoms with Gasteiger partial charge in [-0.25, -0.2) is 4.79 Å². The van der Waals surface area contributed by atoms with Crippen molar-refractivity contribution >= 4 is 27.5 Å². The molecule has 0 bridgehead atoms. The van der Waals surface area contributed by atoms with Crippen molar-refractivity contribution in [3.05, 3.63) is 29.3 Å². The lowest BCUT2D eigenvalue weighted by molar-refractivity contribution is 0.0364. The molecule has 130 valence electrons. The second kappa shape index (κ2) is 7.38. The molecule has 0 saturated heterocycles. The molecule has 2 heterocycles. The van der Waals surface area contributed by atoms with Crippen LogP contribution in [0, 0.1) is 0 Å². The van der Waals surface area contributed by atoms with Crippen LogP contribution < -0.4 is 4.74 Å². The molecular weight excluding hydrogens is 324 g/mol. The van der Waals surface area contributed by atoms with Crippen molar-refractivity contribution in [1.29, 1.82) is 0 Å². The van der Waals surface area contributed by atoms with E-state index in [4.69, 9.17) is 9.47 Å². The molecule has 0 N–H and O–H groups in total. The quantitative estimate of drug-likeness (QED) is 0.592. The van der Waals surface area contributed by atoms with E-state index in [9.17, 15) is 4.79 Å². The fourth-order valence-electron chi connectivity index (χ4n) is 2.89. The molecule has 24 heavy (non-hydrogen) atoms. The largest absolute Gasteiger partial charge is 0.487 e. The summed E-state index contributed by atoms with van der Waals surface area (Å²) < 4.78 is 11.3. The molecule has 2 atom stereocenters. The number of carbonyl (C=O) groups is 1. The number of cyclic esters (lactones) is 1. The van der Waals surface area contributed by atoms with Gasteiger partial charge in [-0.05, 0) is 30.2 Å². The Balaban J connectivity index is 1.67. The number of esters is 1. The predicted molar refractivity (Wildman–Crippen MR) is 99.7 cm³/mol.